The minimum atomic E-state index is -0.263. The standard InChI is InChI=1S/C15H14FN3/c16-13-7-11(5-6-17)8-14(9-13)19-15-4-2-1-3-12(15)10-18-19/h1-4,7-10H,5-6,17H2. The second-order valence-corrected chi connectivity index (χ2v) is 4.47. The van der Waals surface area contributed by atoms with E-state index < -0.39 is 0 Å². The number of aromatic nitrogens is 2. The number of para-hydroxylation sites is 1. The second-order valence-electron chi connectivity index (χ2n) is 4.47. The highest BCUT2D eigenvalue weighted by molar-refractivity contribution is 5.80. The monoisotopic (exact) mass is 255 g/mol. The third kappa shape index (κ3) is 2.22. The van der Waals surface area contributed by atoms with Crippen molar-refractivity contribution in [3.8, 4) is 5.69 Å². The number of nitrogens with two attached hydrogens (primary N) is 1. The van der Waals surface area contributed by atoms with E-state index in [1.54, 1.807) is 10.9 Å². The summed E-state index contributed by atoms with van der Waals surface area (Å²) in [6, 6.07) is 12.8. The quantitative estimate of drug-likeness (QED) is 0.782. The zero-order chi connectivity index (χ0) is 13.2. The third-order valence-corrected chi connectivity index (χ3v) is 3.10. The molecule has 3 nitrogen and oxygen atoms in total. The molecule has 0 amide bonds. The SMILES string of the molecule is NCCc1cc(F)cc(-n2ncc3ccccc32)c1. The fourth-order valence-corrected chi connectivity index (χ4v) is 2.24. The van der Waals surface area contributed by atoms with E-state index in [0.29, 0.717) is 13.0 Å². The third-order valence-electron chi connectivity index (χ3n) is 3.10. The van der Waals surface area contributed by atoms with Gasteiger partial charge in [0.05, 0.1) is 17.4 Å². The molecular formula is C15H14FN3. The molecule has 0 saturated carbocycles. The van der Waals surface area contributed by atoms with Crippen molar-refractivity contribution in [2.75, 3.05) is 6.54 Å². The molecule has 0 radical (unpaired) electrons. The highest BCUT2D eigenvalue weighted by Gasteiger charge is 2.07. The average Bonchev–Trinajstić information content (AvgIpc) is 2.82. The van der Waals surface area contributed by atoms with E-state index in [-0.39, 0.29) is 5.82 Å². The first kappa shape index (κ1) is 11.9. The van der Waals surface area contributed by atoms with Crippen LogP contribution in [-0.2, 0) is 6.42 Å². The summed E-state index contributed by atoms with van der Waals surface area (Å²) in [4.78, 5) is 0. The fraction of sp³-hybridized carbons (Fsp3) is 0.133. The minimum Gasteiger partial charge on any atom is -0.330 e. The van der Waals surface area contributed by atoms with Gasteiger partial charge in [-0.15, -0.1) is 0 Å². The number of fused-ring (bicyclic) bond motifs is 1. The predicted molar refractivity (Wildman–Crippen MR) is 73.8 cm³/mol. The molecule has 3 rings (SSSR count). The molecule has 0 spiro atoms. The van der Waals surface area contributed by atoms with Crippen LogP contribution in [0.15, 0.2) is 48.7 Å². The summed E-state index contributed by atoms with van der Waals surface area (Å²) in [7, 11) is 0. The van der Waals surface area contributed by atoms with Crippen LogP contribution in [0.5, 0.6) is 0 Å². The van der Waals surface area contributed by atoms with E-state index in [9.17, 15) is 4.39 Å². The maximum atomic E-state index is 13.7. The number of hydrogen-bond acceptors (Lipinski definition) is 2. The van der Waals surface area contributed by atoms with Crippen molar-refractivity contribution < 1.29 is 4.39 Å². The molecule has 0 saturated heterocycles. The molecule has 19 heavy (non-hydrogen) atoms. The summed E-state index contributed by atoms with van der Waals surface area (Å²) in [6.45, 7) is 0.503. The fourth-order valence-electron chi connectivity index (χ4n) is 2.24. The number of halogens is 1. The largest absolute Gasteiger partial charge is 0.330 e. The zero-order valence-electron chi connectivity index (χ0n) is 10.4. The lowest BCUT2D eigenvalue weighted by molar-refractivity contribution is 0.623. The molecule has 0 aliphatic rings. The first-order chi connectivity index (χ1) is 9.28. The molecular weight excluding hydrogens is 241 g/mol. The Morgan fingerprint density at radius 1 is 1.16 bits per heavy atom. The van der Waals surface area contributed by atoms with Crippen molar-refractivity contribution in [3.05, 3.63) is 60.0 Å². The van der Waals surface area contributed by atoms with Crippen molar-refractivity contribution in [1.29, 1.82) is 0 Å². The summed E-state index contributed by atoms with van der Waals surface area (Å²) in [5, 5.41) is 5.36. The van der Waals surface area contributed by atoms with Gasteiger partial charge in [0.15, 0.2) is 0 Å². The van der Waals surface area contributed by atoms with Crippen LogP contribution in [0, 0.1) is 5.82 Å². The lowest BCUT2D eigenvalue weighted by Gasteiger charge is -2.07. The maximum absolute atomic E-state index is 13.7. The highest BCUT2D eigenvalue weighted by Crippen LogP contribution is 2.20. The summed E-state index contributed by atoms with van der Waals surface area (Å²) >= 11 is 0. The Kier molecular flexibility index (Phi) is 3.01. The van der Waals surface area contributed by atoms with Crippen molar-refractivity contribution in [2.24, 2.45) is 5.73 Å². The molecule has 1 aromatic heterocycles. The number of nitrogens with zero attached hydrogens (tertiary/aromatic N) is 2. The van der Waals surface area contributed by atoms with E-state index in [4.69, 9.17) is 5.73 Å². The molecule has 2 N–H and O–H groups in total. The van der Waals surface area contributed by atoms with Gasteiger partial charge in [-0.1, -0.05) is 18.2 Å². The Bertz CT molecular complexity index is 718. The minimum absolute atomic E-state index is 0.263. The average molecular weight is 255 g/mol. The molecule has 3 aromatic rings. The van der Waals surface area contributed by atoms with Crippen LogP contribution in [0.2, 0.25) is 0 Å². The van der Waals surface area contributed by atoms with Gasteiger partial charge in [0.2, 0.25) is 0 Å². The summed E-state index contributed by atoms with van der Waals surface area (Å²) in [6.07, 6.45) is 2.44. The Balaban J connectivity index is 2.15. The van der Waals surface area contributed by atoms with Gasteiger partial charge in [-0.25, -0.2) is 9.07 Å². The molecule has 4 heteroatoms. The smallest absolute Gasteiger partial charge is 0.125 e. The van der Waals surface area contributed by atoms with E-state index >= 15 is 0 Å². The Morgan fingerprint density at radius 3 is 2.84 bits per heavy atom. The van der Waals surface area contributed by atoms with Crippen molar-refractivity contribution in [3.63, 3.8) is 0 Å². The number of benzene rings is 2. The molecule has 2 aromatic carbocycles. The van der Waals surface area contributed by atoms with Gasteiger partial charge in [0.1, 0.15) is 5.82 Å². The summed E-state index contributed by atoms with van der Waals surface area (Å²) in [5.74, 6) is -0.263. The van der Waals surface area contributed by atoms with Crippen LogP contribution in [0.1, 0.15) is 5.56 Å². The topological polar surface area (TPSA) is 43.8 Å². The Hall–Kier alpha value is -2.20. The summed E-state index contributed by atoms with van der Waals surface area (Å²) in [5.41, 5.74) is 8.10. The Morgan fingerprint density at radius 2 is 2.00 bits per heavy atom. The highest BCUT2D eigenvalue weighted by atomic mass is 19.1. The molecule has 0 bridgehead atoms. The van der Waals surface area contributed by atoms with Crippen LogP contribution in [0.25, 0.3) is 16.6 Å². The van der Waals surface area contributed by atoms with Crippen LogP contribution in [0.3, 0.4) is 0 Å². The van der Waals surface area contributed by atoms with Gasteiger partial charge < -0.3 is 5.73 Å². The maximum Gasteiger partial charge on any atom is 0.125 e. The first-order valence-corrected chi connectivity index (χ1v) is 6.20. The van der Waals surface area contributed by atoms with Crippen LogP contribution < -0.4 is 5.73 Å². The second kappa shape index (κ2) is 4.82. The van der Waals surface area contributed by atoms with E-state index in [1.807, 2.05) is 30.3 Å². The Labute approximate surface area is 110 Å². The van der Waals surface area contributed by atoms with Crippen LogP contribution in [0.4, 0.5) is 4.39 Å². The van der Waals surface area contributed by atoms with E-state index in [0.717, 1.165) is 22.2 Å². The van der Waals surface area contributed by atoms with Gasteiger partial charge >= 0.3 is 0 Å². The lowest BCUT2D eigenvalue weighted by Crippen LogP contribution is -2.04. The normalized spacial score (nSPS) is 11.1. The number of hydrogen-bond donors (Lipinski definition) is 1. The molecule has 0 unspecified atom stereocenters. The molecule has 0 fully saturated rings. The van der Waals surface area contributed by atoms with Crippen molar-refractivity contribution in [2.45, 2.75) is 6.42 Å². The number of rotatable bonds is 3. The van der Waals surface area contributed by atoms with Crippen LogP contribution >= 0.6 is 0 Å². The van der Waals surface area contributed by atoms with E-state index in [1.165, 1.54) is 12.1 Å². The van der Waals surface area contributed by atoms with Crippen molar-refractivity contribution >= 4 is 10.9 Å². The molecule has 0 aliphatic carbocycles. The van der Waals surface area contributed by atoms with Gasteiger partial charge in [-0.05, 0) is 42.8 Å². The summed E-state index contributed by atoms with van der Waals surface area (Å²) < 4.78 is 15.4. The zero-order valence-corrected chi connectivity index (χ0v) is 10.4. The van der Waals surface area contributed by atoms with Gasteiger partial charge in [0.25, 0.3) is 0 Å². The van der Waals surface area contributed by atoms with Gasteiger partial charge in [-0.2, -0.15) is 5.10 Å². The molecule has 0 aliphatic heterocycles. The predicted octanol–water partition coefficient (Wildman–Crippen LogP) is 2.67. The van der Waals surface area contributed by atoms with Crippen LogP contribution in [-0.4, -0.2) is 16.3 Å². The lowest BCUT2D eigenvalue weighted by atomic mass is 10.1. The van der Waals surface area contributed by atoms with Crippen molar-refractivity contribution in [1.82, 2.24) is 9.78 Å². The molecule has 1 heterocycles. The van der Waals surface area contributed by atoms with E-state index in [2.05, 4.69) is 5.10 Å². The first-order valence-electron chi connectivity index (χ1n) is 6.20. The molecule has 0 atom stereocenters. The van der Waals surface area contributed by atoms with Gasteiger partial charge in [-0.3, -0.25) is 0 Å². The van der Waals surface area contributed by atoms with Gasteiger partial charge in [0, 0.05) is 5.39 Å². The molecule has 96 valence electrons.